The monoisotopic (exact) mass is 565 g/mol. The smallest absolute Gasteiger partial charge is 0.357 e. The third-order valence-corrected chi connectivity index (χ3v) is 7.85. The van der Waals surface area contributed by atoms with Gasteiger partial charge in [0.05, 0.1) is 16.1 Å². The standard InChI is InChI=1S/C27H27F4N3O4S/c1-18-11-13-23(14-12-18)39(37,38)34(22-9-6-8-21(15-22)27(29,30)31)17-25(35)33(19(2)26(36)32-3)16-20-7-4-5-10-24(20)28/h4-15,19H,16-17H2,1-3H3,(H,32,36)/t19-/m1/s1. The Bertz CT molecular complexity index is 1440. The van der Waals surface area contributed by atoms with Gasteiger partial charge >= 0.3 is 6.18 Å². The van der Waals surface area contributed by atoms with Crippen molar-refractivity contribution < 1.29 is 35.6 Å². The van der Waals surface area contributed by atoms with E-state index in [1.165, 1.54) is 62.5 Å². The number of alkyl halides is 3. The zero-order valence-corrected chi connectivity index (χ0v) is 22.2. The first-order valence-electron chi connectivity index (χ1n) is 11.8. The molecule has 12 heteroatoms. The molecule has 0 saturated heterocycles. The van der Waals surface area contributed by atoms with E-state index in [1.807, 2.05) is 0 Å². The van der Waals surface area contributed by atoms with E-state index in [0.717, 1.165) is 28.7 Å². The molecule has 1 N–H and O–H groups in total. The van der Waals surface area contributed by atoms with Crippen LogP contribution in [0.25, 0.3) is 0 Å². The van der Waals surface area contributed by atoms with Crippen LogP contribution in [-0.2, 0) is 32.3 Å². The first-order valence-corrected chi connectivity index (χ1v) is 13.2. The molecule has 3 aromatic carbocycles. The SMILES string of the molecule is CNC(=O)[C@@H](C)N(Cc1ccccc1F)C(=O)CN(c1cccc(C(F)(F)F)c1)S(=O)(=O)c1ccc(C)cc1. The van der Waals surface area contributed by atoms with Crippen LogP contribution in [-0.4, -0.2) is 44.8 Å². The third kappa shape index (κ3) is 6.94. The van der Waals surface area contributed by atoms with E-state index in [0.29, 0.717) is 10.4 Å². The molecule has 2 amide bonds. The Morgan fingerprint density at radius 2 is 1.62 bits per heavy atom. The van der Waals surface area contributed by atoms with Crippen molar-refractivity contribution in [1.29, 1.82) is 0 Å². The number of nitrogens with one attached hydrogen (secondary N) is 1. The second-order valence-corrected chi connectivity index (χ2v) is 10.6. The summed E-state index contributed by atoms with van der Waals surface area (Å²) >= 11 is 0. The molecule has 3 rings (SSSR count). The lowest BCUT2D eigenvalue weighted by atomic mass is 10.1. The fourth-order valence-corrected chi connectivity index (χ4v) is 5.21. The highest BCUT2D eigenvalue weighted by Crippen LogP contribution is 2.33. The fourth-order valence-electron chi connectivity index (χ4n) is 3.81. The van der Waals surface area contributed by atoms with Crippen molar-refractivity contribution in [3.8, 4) is 0 Å². The molecular weight excluding hydrogens is 538 g/mol. The van der Waals surface area contributed by atoms with E-state index < -0.39 is 57.7 Å². The number of hydrogen-bond donors (Lipinski definition) is 1. The van der Waals surface area contributed by atoms with E-state index in [9.17, 15) is 35.6 Å². The molecule has 0 spiro atoms. The maximum Gasteiger partial charge on any atom is 0.416 e. The normalized spacial score (nSPS) is 12.5. The van der Waals surface area contributed by atoms with Crippen LogP contribution in [0.2, 0.25) is 0 Å². The predicted molar refractivity (Wildman–Crippen MR) is 138 cm³/mol. The Kier molecular flexibility index (Phi) is 9.00. The Labute approximate surface area is 224 Å². The first kappa shape index (κ1) is 29.6. The van der Waals surface area contributed by atoms with Crippen molar-refractivity contribution in [3.63, 3.8) is 0 Å². The number of amides is 2. The fraction of sp³-hybridized carbons (Fsp3) is 0.259. The van der Waals surface area contributed by atoms with Crippen LogP contribution < -0.4 is 9.62 Å². The Hall–Kier alpha value is -3.93. The van der Waals surface area contributed by atoms with Crippen LogP contribution in [0, 0.1) is 12.7 Å². The van der Waals surface area contributed by atoms with Crippen LogP contribution in [0.5, 0.6) is 0 Å². The molecule has 0 unspecified atom stereocenters. The van der Waals surface area contributed by atoms with Gasteiger partial charge in [0.15, 0.2) is 0 Å². The van der Waals surface area contributed by atoms with Gasteiger partial charge in [-0.15, -0.1) is 0 Å². The second-order valence-electron chi connectivity index (χ2n) is 8.78. The molecule has 7 nitrogen and oxygen atoms in total. The number of carbonyl (C=O) groups excluding carboxylic acids is 2. The van der Waals surface area contributed by atoms with E-state index in [2.05, 4.69) is 5.32 Å². The minimum Gasteiger partial charge on any atom is -0.357 e. The number of hydrogen-bond acceptors (Lipinski definition) is 4. The summed E-state index contributed by atoms with van der Waals surface area (Å²) in [5, 5.41) is 2.39. The van der Waals surface area contributed by atoms with Crippen LogP contribution in [0.15, 0.2) is 77.7 Å². The van der Waals surface area contributed by atoms with Gasteiger partial charge in [0.2, 0.25) is 11.8 Å². The molecule has 0 aliphatic rings. The molecular formula is C27H27F4N3O4S. The molecule has 0 aliphatic heterocycles. The number of rotatable bonds is 9. The average molecular weight is 566 g/mol. The minimum atomic E-state index is -4.77. The van der Waals surface area contributed by atoms with Gasteiger partial charge in [0.25, 0.3) is 10.0 Å². The average Bonchev–Trinajstić information content (AvgIpc) is 2.90. The molecule has 0 bridgehead atoms. The number of benzene rings is 3. The highest BCUT2D eigenvalue weighted by Gasteiger charge is 2.35. The number of halogens is 4. The lowest BCUT2D eigenvalue weighted by Gasteiger charge is -2.32. The van der Waals surface area contributed by atoms with Crippen molar-refractivity contribution >= 4 is 27.5 Å². The summed E-state index contributed by atoms with van der Waals surface area (Å²) in [6.07, 6.45) is -4.77. The quantitative estimate of drug-likeness (QED) is 0.387. The van der Waals surface area contributed by atoms with Gasteiger partial charge < -0.3 is 10.2 Å². The first-order chi connectivity index (χ1) is 18.3. The molecule has 0 aliphatic carbocycles. The summed E-state index contributed by atoms with van der Waals surface area (Å²) in [7, 11) is -3.22. The van der Waals surface area contributed by atoms with Crippen molar-refractivity contribution in [3.05, 3.63) is 95.3 Å². The predicted octanol–water partition coefficient (Wildman–Crippen LogP) is 4.51. The topological polar surface area (TPSA) is 86.8 Å². The summed E-state index contributed by atoms with van der Waals surface area (Å²) in [6, 6.07) is 13.5. The maximum absolute atomic E-state index is 14.4. The van der Waals surface area contributed by atoms with Crippen LogP contribution in [0.4, 0.5) is 23.2 Å². The summed E-state index contributed by atoms with van der Waals surface area (Å²) < 4.78 is 82.8. The molecule has 39 heavy (non-hydrogen) atoms. The lowest BCUT2D eigenvalue weighted by Crippen LogP contribution is -2.50. The van der Waals surface area contributed by atoms with Gasteiger partial charge in [0.1, 0.15) is 18.4 Å². The Morgan fingerprint density at radius 3 is 2.21 bits per heavy atom. The zero-order valence-electron chi connectivity index (χ0n) is 21.4. The molecule has 0 heterocycles. The van der Waals surface area contributed by atoms with Gasteiger partial charge in [0, 0.05) is 19.2 Å². The van der Waals surface area contributed by atoms with E-state index >= 15 is 0 Å². The molecule has 1 atom stereocenters. The molecule has 3 aromatic rings. The van der Waals surface area contributed by atoms with E-state index in [-0.39, 0.29) is 17.0 Å². The summed E-state index contributed by atoms with van der Waals surface area (Å²) in [4.78, 5) is 26.8. The molecule has 0 saturated carbocycles. The Morgan fingerprint density at radius 1 is 0.974 bits per heavy atom. The zero-order chi connectivity index (χ0) is 29.0. The lowest BCUT2D eigenvalue weighted by molar-refractivity contribution is -0.139. The van der Waals surface area contributed by atoms with Crippen LogP contribution in [0.3, 0.4) is 0 Å². The van der Waals surface area contributed by atoms with Crippen LogP contribution >= 0.6 is 0 Å². The van der Waals surface area contributed by atoms with Gasteiger partial charge in [-0.25, -0.2) is 12.8 Å². The van der Waals surface area contributed by atoms with Crippen LogP contribution in [0.1, 0.15) is 23.6 Å². The van der Waals surface area contributed by atoms with Crippen molar-refractivity contribution in [2.45, 2.75) is 37.5 Å². The molecule has 0 radical (unpaired) electrons. The van der Waals surface area contributed by atoms with E-state index in [4.69, 9.17) is 0 Å². The largest absolute Gasteiger partial charge is 0.416 e. The highest BCUT2D eigenvalue weighted by molar-refractivity contribution is 7.92. The van der Waals surface area contributed by atoms with E-state index in [1.54, 1.807) is 6.92 Å². The van der Waals surface area contributed by atoms with Gasteiger partial charge in [-0.2, -0.15) is 13.2 Å². The van der Waals surface area contributed by atoms with Crippen molar-refractivity contribution in [2.24, 2.45) is 0 Å². The third-order valence-electron chi connectivity index (χ3n) is 6.06. The summed E-state index contributed by atoms with van der Waals surface area (Å²) in [5.41, 5.74) is -0.713. The Balaban J connectivity index is 2.11. The number of likely N-dealkylation sites (N-methyl/N-ethyl adjacent to an activating group) is 1. The van der Waals surface area contributed by atoms with Gasteiger partial charge in [-0.1, -0.05) is 42.0 Å². The number of anilines is 1. The minimum absolute atomic E-state index is 0.0635. The number of sulfonamides is 1. The molecule has 208 valence electrons. The molecule has 0 fully saturated rings. The second kappa shape index (κ2) is 11.9. The van der Waals surface area contributed by atoms with Crippen molar-refractivity contribution in [1.82, 2.24) is 10.2 Å². The summed E-state index contributed by atoms with van der Waals surface area (Å²) in [6.45, 7) is 1.76. The highest BCUT2D eigenvalue weighted by atomic mass is 32.2. The maximum atomic E-state index is 14.4. The number of carbonyl (C=O) groups is 2. The number of nitrogens with zero attached hydrogens (tertiary/aromatic N) is 2. The molecule has 0 aromatic heterocycles. The summed E-state index contributed by atoms with van der Waals surface area (Å²) in [5.74, 6) is -2.18. The van der Waals surface area contributed by atoms with Crippen molar-refractivity contribution in [2.75, 3.05) is 17.9 Å². The van der Waals surface area contributed by atoms with Gasteiger partial charge in [-0.3, -0.25) is 13.9 Å². The van der Waals surface area contributed by atoms with Gasteiger partial charge in [-0.05, 0) is 50.2 Å². The number of aryl methyl sites for hydroxylation is 1.